The first-order valence-corrected chi connectivity index (χ1v) is 10.6. The third-order valence-electron chi connectivity index (χ3n) is 1.60. The molecule has 0 atom stereocenters. The Morgan fingerprint density at radius 3 is 1.06 bits per heavy atom. The molecule has 0 amide bonds. The van der Waals surface area contributed by atoms with E-state index < -0.39 is 22.7 Å². The predicted molar refractivity (Wildman–Crippen MR) is 62.4 cm³/mol. The second-order valence-corrected chi connectivity index (χ2v) is 10.3. The summed E-state index contributed by atoms with van der Waals surface area (Å²) >= 11 is -2.65. The molecular formula is C12H27ClHfO3. The molecule has 3 nitrogen and oxygen atoms in total. The second kappa shape index (κ2) is 12.1. The van der Waals surface area contributed by atoms with E-state index in [2.05, 4.69) is 41.5 Å². The molecule has 0 aliphatic rings. The fourth-order valence-corrected chi connectivity index (χ4v) is 6.79. The molecule has 0 radical (unpaired) electrons. The molecule has 0 aromatic carbocycles. The zero-order chi connectivity index (χ0) is 12.6. The van der Waals surface area contributed by atoms with Gasteiger partial charge in [0, 0.05) is 0 Å². The van der Waals surface area contributed by atoms with Crippen molar-refractivity contribution < 1.29 is 43.7 Å². The van der Waals surface area contributed by atoms with Crippen molar-refractivity contribution in [1.29, 1.82) is 0 Å². The van der Waals surface area contributed by atoms with Crippen LogP contribution in [0.4, 0.5) is 0 Å². The van der Waals surface area contributed by atoms with E-state index in [-0.39, 0.29) is 12.4 Å². The van der Waals surface area contributed by atoms with Gasteiger partial charge in [-0.15, -0.1) is 0 Å². The minimum absolute atomic E-state index is 0. The van der Waals surface area contributed by atoms with Gasteiger partial charge in [0.2, 0.25) is 0 Å². The van der Waals surface area contributed by atoms with Crippen LogP contribution in [-0.2, 0) is 31.3 Å². The zero-order valence-electron chi connectivity index (χ0n) is 12.0. The van der Waals surface area contributed by atoms with E-state index in [4.69, 9.17) is 8.56 Å². The third-order valence-corrected chi connectivity index (χ3v) is 5.94. The Balaban J connectivity index is 0. The van der Waals surface area contributed by atoms with Gasteiger partial charge in [0.15, 0.2) is 0 Å². The SMILES string of the molecule is CC(C)C[O][Hf+]([O]CC(C)C)[O]CC(C)C.[Cl-]. The van der Waals surface area contributed by atoms with E-state index in [9.17, 15) is 0 Å². The summed E-state index contributed by atoms with van der Waals surface area (Å²) in [5, 5.41) is 0. The fourth-order valence-electron chi connectivity index (χ4n) is 0.829. The van der Waals surface area contributed by atoms with Crippen molar-refractivity contribution in [2.75, 3.05) is 19.8 Å². The Morgan fingerprint density at radius 2 is 0.882 bits per heavy atom. The minimum atomic E-state index is -2.65. The van der Waals surface area contributed by atoms with Gasteiger partial charge in [0.1, 0.15) is 0 Å². The molecule has 0 spiro atoms. The van der Waals surface area contributed by atoms with E-state index in [1.807, 2.05) is 0 Å². The van der Waals surface area contributed by atoms with Crippen molar-refractivity contribution in [2.45, 2.75) is 41.5 Å². The zero-order valence-corrected chi connectivity index (χ0v) is 16.3. The first-order chi connectivity index (χ1) is 7.41. The van der Waals surface area contributed by atoms with E-state index >= 15 is 0 Å². The van der Waals surface area contributed by atoms with Gasteiger partial charge < -0.3 is 12.4 Å². The summed E-state index contributed by atoms with van der Waals surface area (Å²) in [6, 6.07) is 0. The van der Waals surface area contributed by atoms with Crippen LogP contribution in [-0.4, -0.2) is 19.8 Å². The largest absolute Gasteiger partial charge is 1.00 e. The molecule has 0 unspecified atom stereocenters. The standard InChI is InChI=1S/3C4H9O.ClH.Hf/c3*1-4(2)3-5;;/h3*4H,3H2,1-2H3;1H;/q3*-1;;+4/p-1. The average molecular weight is 433 g/mol. The molecule has 0 saturated carbocycles. The predicted octanol–water partition coefficient (Wildman–Crippen LogP) is 0.371. The van der Waals surface area contributed by atoms with Crippen molar-refractivity contribution >= 4 is 0 Å². The summed E-state index contributed by atoms with van der Waals surface area (Å²) in [6.45, 7) is 15.2. The molecule has 0 saturated heterocycles. The van der Waals surface area contributed by atoms with Crippen LogP contribution in [0.15, 0.2) is 0 Å². The summed E-state index contributed by atoms with van der Waals surface area (Å²) < 4.78 is 17.3. The molecule has 0 aliphatic heterocycles. The molecule has 5 heteroatoms. The first-order valence-electron chi connectivity index (χ1n) is 6.17. The van der Waals surface area contributed by atoms with Crippen molar-refractivity contribution in [3.8, 4) is 0 Å². The van der Waals surface area contributed by atoms with E-state index in [0.717, 1.165) is 19.8 Å². The van der Waals surface area contributed by atoms with Gasteiger partial charge in [-0.05, 0) is 0 Å². The molecule has 0 N–H and O–H groups in total. The van der Waals surface area contributed by atoms with Crippen LogP contribution in [0, 0.1) is 17.8 Å². The van der Waals surface area contributed by atoms with Crippen LogP contribution < -0.4 is 12.4 Å². The normalized spacial score (nSPS) is 11.1. The monoisotopic (exact) mass is 434 g/mol. The maximum absolute atomic E-state index is 5.77. The van der Waals surface area contributed by atoms with Crippen LogP contribution in [0.2, 0.25) is 0 Å². The Hall–Kier alpha value is 1.04. The minimum Gasteiger partial charge on any atom is -1.00 e. The topological polar surface area (TPSA) is 27.7 Å². The van der Waals surface area contributed by atoms with E-state index in [1.54, 1.807) is 0 Å². The average Bonchev–Trinajstić information content (AvgIpc) is 2.15. The quantitative estimate of drug-likeness (QED) is 0.492. The summed E-state index contributed by atoms with van der Waals surface area (Å²) in [5.41, 5.74) is 0. The van der Waals surface area contributed by atoms with Crippen LogP contribution in [0.25, 0.3) is 0 Å². The maximum atomic E-state index is 5.77. The molecule has 0 aromatic heterocycles. The molecular weight excluding hydrogens is 406 g/mol. The van der Waals surface area contributed by atoms with Crippen LogP contribution in [0.5, 0.6) is 0 Å². The smallest absolute Gasteiger partial charge is 1.00 e. The Kier molecular flexibility index (Phi) is 14.5. The summed E-state index contributed by atoms with van der Waals surface area (Å²) in [4.78, 5) is 0. The van der Waals surface area contributed by atoms with Crippen molar-refractivity contribution in [2.24, 2.45) is 17.8 Å². The van der Waals surface area contributed by atoms with Gasteiger partial charge in [0.05, 0.1) is 0 Å². The number of rotatable bonds is 9. The van der Waals surface area contributed by atoms with Crippen molar-refractivity contribution in [3.05, 3.63) is 0 Å². The number of halogens is 1. The van der Waals surface area contributed by atoms with Gasteiger partial charge in [0.25, 0.3) is 0 Å². The van der Waals surface area contributed by atoms with Crippen molar-refractivity contribution in [1.82, 2.24) is 0 Å². The van der Waals surface area contributed by atoms with Crippen molar-refractivity contribution in [3.63, 3.8) is 0 Å². The number of hydrogen-bond donors (Lipinski definition) is 0. The molecule has 0 heterocycles. The molecule has 0 rings (SSSR count). The van der Waals surface area contributed by atoms with E-state index in [1.165, 1.54) is 0 Å². The van der Waals surface area contributed by atoms with Gasteiger partial charge in [-0.2, -0.15) is 0 Å². The molecule has 0 aliphatic carbocycles. The Bertz CT molecular complexity index is 137. The molecule has 17 heavy (non-hydrogen) atoms. The van der Waals surface area contributed by atoms with Crippen LogP contribution in [0.3, 0.4) is 0 Å². The van der Waals surface area contributed by atoms with E-state index in [0.29, 0.717) is 17.8 Å². The fraction of sp³-hybridized carbons (Fsp3) is 1.00. The molecule has 0 bridgehead atoms. The van der Waals surface area contributed by atoms with Gasteiger partial charge in [-0.3, -0.25) is 0 Å². The van der Waals surface area contributed by atoms with Crippen LogP contribution >= 0.6 is 0 Å². The Labute approximate surface area is 122 Å². The summed E-state index contributed by atoms with van der Waals surface area (Å²) in [6.07, 6.45) is 0. The second-order valence-electron chi connectivity index (χ2n) is 5.36. The Morgan fingerprint density at radius 1 is 0.647 bits per heavy atom. The van der Waals surface area contributed by atoms with Gasteiger partial charge in [-0.1, -0.05) is 0 Å². The summed E-state index contributed by atoms with van der Waals surface area (Å²) in [5.74, 6) is 1.64. The number of hydrogen-bond acceptors (Lipinski definition) is 3. The first kappa shape index (κ1) is 20.4. The van der Waals surface area contributed by atoms with Crippen LogP contribution in [0.1, 0.15) is 41.5 Å². The molecule has 0 aromatic rings. The van der Waals surface area contributed by atoms with Gasteiger partial charge in [-0.25, -0.2) is 0 Å². The third kappa shape index (κ3) is 15.0. The van der Waals surface area contributed by atoms with Gasteiger partial charge >= 0.3 is 110 Å². The summed E-state index contributed by atoms with van der Waals surface area (Å²) in [7, 11) is 0. The molecule has 104 valence electrons. The molecule has 0 fully saturated rings. The maximum Gasteiger partial charge on any atom is -1.00 e.